The van der Waals surface area contributed by atoms with Crippen molar-refractivity contribution < 1.29 is 5.11 Å². The molecule has 0 saturated heterocycles. The van der Waals surface area contributed by atoms with Crippen molar-refractivity contribution in [2.75, 3.05) is 6.54 Å². The fourth-order valence-corrected chi connectivity index (χ4v) is 3.93. The van der Waals surface area contributed by atoms with Gasteiger partial charge in [-0.1, -0.05) is 49.1 Å². The van der Waals surface area contributed by atoms with E-state index in [0.717, 1.165) is 12.1 Å². The molecular weight excluding hydrogens is 282 g/mol. The fourth-order valence-electron chi connectivity index (χ4n) is 2.06. The number of nitrogens with one attached hydrogen (secondary N) is 1. The summed E-state index contributed by atoms with van der Waals surface area (Å²) in [6.07, 6.45) is -0.414. The Morgan fingerprint density at radius 2 is 1.85 bits per heavy atom. The minimum atomic E-state index is -1.20. The average Bonchev–Trinajstić information content (AvgIpc) is 2.92. The normalized spacial score (nSPS) is 13.4. The van der Waals surface area contributed by atoms with E-state index < -0.39 is 14.2 Å². The molecule has 0 aliphatic carbocycles. The lowest BCUT2D eigenvalue weighted by Crippen LogP contribution is -2.37. The van der Waals surface area contributed by atoms with Crippen LogP contribution in [0.2, 0.25) is 19.6 Å². The lowest BCUT2D eigenvalue weighted by Gasteiger charge is -2.17. The first-order valence-electron chi connectivity index (χ1n) is 6.97. The molecule has 1 heterocycles. The van der Waals surface area contributed by atoms with Crippen LogP contribution in [-0.4, -0.2) is 19.7 Å². The van der Waals surface area contributed by atoms with Gasteiger partial charge in [-0.25, -0.2) is 0 Å². The third-order valence-corrected chi connectivity index (χ3v) is 6.18. The van der Waals surface area contributed by atoms with Gasteiger partial charge in [-0.05, 0) is 28.0 Å². The van der Waals surface area contributed by atoms with Crippen LogP contribution in [0.15, 0.2) is 41.1 Å². The smallest absolute Gasteiger partial charge is 0.0922 e. The summed E-state index contributed by atoms with van der Waals surface area (Å²) in [5.74, 6) is 0. The average molecular weight is 306 g/mol. The predicted molar refractivity (Wildman–Crippen MR) is 90.4 cm³/mol. The third kappa shape index (κ3) is 4.28. The maximum atomic E-state index is 9.99. The lowest BCUT2D eigenvalue weighted by atomic mass is 10.2. The van der Waals surface area contributed by atoms with Crippen LogP contribution in [0.4, 0.5) is 0 Å². The quantitative estimate of drug-likeness (QED) is 0.804. The summed E-state index contributed by atoms with van der Waals surface area (Å²) in [7, 11) is -1.20. The summed E-state index contributed by atoms with van der Waals surface area (Å²) in [6, 6.07) is 10.9. The minimum Gasteiger partial charge on any atom is -0.387 e. The first kappa shape index (κ1) is 15.4. The second kappa shape index (κ2) is 6.67. The Balaban J connectivity index is 1.83. The topological polar surface area (TPSA) is 32.3 Å². The van der Waals surface area contributed by atoms with Crippen molar-refractivity contribution >= 4 is 24.6 Å². The van der Waals surface area contributed by atoms with Crippen LogP contribution in [0, 0.1) is 0 Å². The van der Waals surface area contributed by atoms with Gasteiger partial charge >= 0.3 is 0 Å². The van der Waals surface area contributed by atoms with Gasteiger partial charge in [-0.2, -0.15) is 11.3 Å². The van der Waals surface area contributed by atoms with E-state index in [9.17, 15) is 5.11 Å². The molecule has 2 N–H and O–H groups in total. The van der Waals surface area contributed by atoms with Crippen LogP contribution >= 0.6 is 11.3 Å². The Morgan fingerprint density at radius 1 is 1.15 bits per heavy atom. The predicted octanol–water partition coefficient (Wildman–Crippen LogP) is 3.12. The monoisotopic (exact) mass is 305 g/mol. The van der Waals surface area contributed by atoms with E-state index in [2.05, 4.69) is 49.2 Å². The zero-order valence-corrected chi connectivity index (χ0v) is 14.2. The highest BCUT2D eigenvalue weighted by Gasteiger charge is 2.15. The molecular formula is C16H23NOSSi. The highest BCUT2D eigenvalue weighted by Crippen LogP contribution is 2.15. The molecule has 0 bridgehead atoms. The zero-order valence-electron chi connectivity index (χ0n) is 12.4. The van der Waals surface area contributed by atoms with Gasteiger partial charge in [-0.15, -0.1) is 0 Å². The first-order valence-corrected chi connectivity index (χ1v) is 11.4. The Morgan fingerprint density at radius 3 is 2.40 bits per heavy atom. The summed E-state index contributed by atoms with van der Waals surface area (Å²) in [4.78, 5) is 0. The number of aliphatic hydroxyl groups is 1. The van der Waals surface area contributed by atoms with E-state index >= 15 is 0 Å². The van der Waals surface area contributed by atoms with Gasteiger partial charge in [0.05, 0.1) is 14.2 Å². The SMILES string of the molecule is C[Si](C)(C)c1ccc(CNCC(O)c2ccsc2)cc1. The van der Waals surface area contributed by atoms with Crippen LogP contribution in [0.5, 0.6) is 0 Å². The molecule has 0 spiro atoms. The number of aliphatic hydroxyl groups excluding tert-OH is 1. The van der Waals surface area contributed by atoms with E-state index in [-0.39, 0.29) is 0 Å². The highest BCUT2D eigenvalue weighted by atomic mass is 32.1. The van der Waals surface area contributed by atoms with Crippen molar-refractivity contribution in [2.24, 2.45) is 0 Å². The number of benzene rings is 1. The van der Waals surface area contributed by atoms with Crippen LogP contribution in [0.25, 0.3) is 0 Å². The van der Waals surface area contributed by atoms with Crippen LogP contribution in [0.1, 0.15) is 17.2 Å². The van der Waals surface area contributed by atoms with E-state index in [4.69, 9.17) is 0 Å². The first-order chi connectivity index (χ1) is 9.47. The summed E-state index contributed by atoms with van der Waals surface area (Å²) in [5, 5.41) is 18.8. The van der Waals surface area contributed by atoms with E-state index in [1.165, 1.54) is 10.8 Å². The van der Waals surface area contributed by atoms with Crippen LogP contribution in [0.3, 0.4) is 0 Å². The van der Waals surface area contributed by atoms with Crippen molar-refractivity contribution in [1.82, 2.24) is 5.32 Å². The molecule has 2 rings (SSSR count). The molecule has 0 radical (unpaired) electrons. The van der Waals surface area contributed by atoms with Gasteiger partial charge in [0, 0.05) is 13.1 Å². The van der Waals surface area contributed by atoms with E-state index in [0.29, 0.717) is 6.54 Å². The van der Waals surface area contributed by atoms with Crippen molar-refractivity contribution in [3.8, 4) is 0 Å². The molecule has 20 heavy (non-hydrogen) atoms. The molecule has 2 aromatic rings. The summed E-state index contributed by atoms with van der Waals surface area (Å²) >= 11 is 1.62. The van der Waals surface area contributed by atoms with Gasteiger partial charge in [0.25, 0.3) is 0 Å². The van der Waals surface area contributed by atoms with Gasteiger partial charge in [0.2, 0.25) is 0 Å². The molecule has 0 amide bonds. The van der Waals surface area contributed by atoms with E-state index in [1.54, 1.807) is 11.3 Å². The fraction of sp³-hybridized carbons (Fsp3) is 0.375. The van der Waals surface area contributed by atoms with Crippen molar-refractivity contribution in [1.29, 1.82) is 0 Å². The molecule has 4 heteroatoms. The third-order valence-electron chi connectivity index (χ3n) is 3.41. The lowest BCUT2D eigenvalue weighted by molar-refractivity contribution is 0.175. The summed E-state index contributed by atoms with van der Waals surface area (Å²) < 4.78 is 0. The Hall–Kier alpha value is -0.943. The largest absolute Gasteiger partial charge is 0.387 e. The number of hydrogen-bond donors (Lipinski definition) is 2. The van der Waals surface area contributed by atoms with Gasteiger partial charge < -0.3 is 10.4 Å². The summed E-state index contributed by atoms with van der Waals surface area (Å²) in [6.45, 7) is 8.46. The molecule has 0 fully saturated rings. The van der Waals surface area contributed by atoms with Gasteiger partial charge in [0.15, 0.2) is 0 Å². The zero-order chi connectivity index (χ0) is 14.6. The second-order valence-electron chi connectivity index (χ2n) is 6.15. The molecule has 0 saturated carbocycles. The minimum absolute atomic E-state index is 0.414. The Bertz CT molecular complexity index is 516. The standard InChI is InChI=1S/C16H23NOSSi/c1-20(2,3)15-6-4-13(5-7-15)10-17-11-16(18)14-8-9-19-12-14/h4-9,12,16-18H,10-11H2,1-3H3. The maximum Gasteiger partial charge on any atom is 0.0922 e. The van der Waals surface area contributed by atoms with Crippen molar-refractivity contribution in [3.63, 3.8) is 0 Å². The number of rotatable bonds is 6. The van der Waals surface area contributed by atoms with E-state index in [1.807, 2.05) is 16.8 Å². The van der Waals surface area contributed by atoms with Crippen LogP contribution in [-0.2, 0) is 6.54 Å². The molecule has 0 aliphatic heterocycles. The van der Waals surface area contributed by atoms with Crippen molar-refractivity contribution in [3.05, 3.63) is 52.2 Å². The van der Waals surface area contributed by atoms with Gasteiger partial charge in [0.1, 0.15) is 0 Å². The van der Waals surface area contributed by atoms with Crippen LogP contribution < -0.4 is 10.5 Å². The molecule has 1 aromatic carbocycles. The maximum absolute atomic E-state index is 9.99. The highest BCUT2D eigenvalue weighted by molar-refractivity contribution is 7.08. The number of thiophene rings is 1. The molecule has 0 aliphatic rings. The number of hydrogen-bond acceptors (Lipinski definition) is 3. The Kier molecular flexibility index (Phi) is 5.15. The summed E-state index contributed by atoms with van der Waals surface area (Å²) in [5.41, 5.74) is 2.26. The van der Waals surface area contributed by atoms with Gasteiger partial charge in [-0.3, -0.25) is 0 Å². The second-order valence-corrected chi connectivity index (χ2v) is 12.0. The molecule has 2 nitrogen and oxygen atoms in total. The molecule has 108 valence electrons. The molecule has 1 aromatic heterocycles. The Labute approximate surface area is 126 Å². The molecule has 1 atom stereocenters. The molecule has 1 unspecified atom stereocenters. The van der Waals surface area contributed by atoms with Crippen molar-refractivity contribution in [2.45, 2.75) is 32.3 Å².